The van der Waals surface area contributed by atoms with Gasteiger partial charge in [0.25, 0.3) is 0 Å². The van der Waals surface area contributed by atoms with E-state index in [2.05, 4.69) is 6.58 Å². The minimum absolute atomic E-state index is 0.332. The average Bonchev–Trinajstić information content (AvgIpc) is 2.82. The number of alkyl halides is 3. The summed E-state index contributed by atoms with van der Waals surface area (Å²) in [4.78, 5) is 0. The van der Waals surface area contributed by atoms with Crippen molar-refractivity contribution >= 4 is 10.0 Å². The van der Waals surface area contributed by atoms with Gasteiger partial charge in [-0.05, 0) is 18.4 Å². The van der Waals surface area contributed by atoms with E-state index in [4.69, 9.17) is 0 Å². The van der Waals surface area contributed by atoms with Crippen LogP contribution in [0.15, 0.2) is 43.0 Å². The molecule has 20 heavy (non-hydrogen) atoms. The summed E-state index contributed by atoms with van der Waals surface area (Å²) >= 11 is 0. The molecule has 0 saturated carbocycles. The molecule has 0 amide bonds. The van der Waals surface area contributed by atoms with Crippen molar-refractivity contribution in [2.45, 2.75) is 30.4 Å². The Morgan fingerprint density at radius 3 is 2.30 bits per heavy atom. The Morgan fingerprint density at radius 1 is 1.20 bits per heavy atom. The fraction of sp³-hybridized carbons (Fsp3) is 0.385. The van der Waals surface area contributed by atoms with Crippen LogP contribution in [0.4, 0.5) is 13.2 Å². The normalized spacial score (nSPS) is 24.8. The van der Waals surface area contributed by atoms with Crippen molar-refractivity contribution in [3.8, 4) is 0 Å². The van der Waals surface area contributed by atoms with Gasteiger partial charge < -0.3 is 0 Å². The summed E-state index contributed by atoms with van der Waals surface area (Å²) < 4.78 is 62.5. The van der Waals surface area contributed by atoms with Gasteiger partial charge >= 0.3 is 15.5 Å². The minimum atomic E-state index is -5.37. The summed E-state index contributed by atoms with van der Waals surface area (Å²) in [6.07, 6.45) is 1.93. The zero-order valence-electron chi connectivity index (χ0n) is 10.5. The van der Waals surface area contributed by atoms with Gasteiger partial charge in [-0.15, -0.1) is 6.58 Å². The summed E-state index contributed by atoms with van der Waals surface area (Å²) in [7, 11) is -5.37. The van der Waals surface area contributed by atoms with Crippen molar-refractivity contribution in [3.63, 3.8) is 0 Å². The SMILES string of the molecule is C=CC1CCC(c2ccccc2)N1S(=O)(=O)C(F)(F)F. The molecule has 2 rings (SSSR count). The lowest BCUT2D eigenvalue weighted by molar-refractivity contribution is -0.0499. The highest BCUT2D eigenvalue weighted by atomic mass is 32.2. The van der Waals surface area contributed by atoms with Crippen molar-refractivity contribution in [2.75, 3.05) is 0 Å². The Kier molecular flexibility index (Phi) is 3.93. The fourth-order valence-corrected chi connectivity index (χ4v) is 3.84. The second-order valence-corrected chi connectivity index (χ2v) is 6.42. The number of rotatable bonds is 3. The standard InChI is InChI=1S/C13H14F3NO2S/c1-2-11-8-9-12(10-6-4-3-5-7-10)17(11)20(18,19)13(14,15)16/h2-7,11-12H,1,8-9H2. The van der Waals surface area contributed by atoms with Crippen LogP contribution in [0.1, 0.15) is 24.4 Å². The van der Waals surface area contributed by atoms with Crippen LogP contribution in [0.25, 0.3) is 0 Å². The predicted molar refractivity (Wildman–Crippen MR) is 69.2 cm³/mol. The quantitative estimate of drug-likeness (QED) is 0.804. The topological polar surface area (TPSA) is 37.4 Å². The monoisotopic (exact) mass is 305 g/mol. The first kappa shape index (κ1) is 15.1. The Hall–Kier alpha value is -1.34. The largest absolute Gasteiger partial charge is 0.511 e. The Bertz CT molecular complexity index is 583. The first-order valence-electron chi connectivity index (χ1n) is 6.06. The molecule has 7 heteroatoms. The van der Waals surface area contributed by atoms with E-state index in [1.807, 2.05) is 0 Å². The molecular weight excluding hydrogens is 291 g/mol. The Labute approximate surface area is 115 Å². The van der Waals surface area contributed by atoms with Gasteiger partial charge in [-0.1, -0.05) is 36.4 Å². The van der Waals surface area contributed by atoms with Gasteiger partial charge in [0.2, 0.25) is 0 Å². The maximum absolute atomic E-state index is 12.8. The van der Waals surface area contributed by atoms with E-state index in [0.717, 1.165) is 0 Å². The molecule has 3 nitrogen and oxygen atoms in total. The molecule has 1 aliphatic heterocycles. The molecule has 110 valence electrons. The molecule has 1 saturated heterocycles. The number of hydrogen-bond acceptors (Lipinski definition) is 2. The van der Waals surface area contributed by atoms with Crippen LogP contribution in [0.5, 0.6) is 0 Å². The summed E-state index contributed by atoms with van der Waals surface area (Å²) in [6.45, 7) is 3.44. The van der Waals surface area contributed by atoms with Gasteiger partial charge in [0, 0.05) is 6.04 Å². The van der Waals surface area contributed by atoms with Crippen LogP contribution >= 0.6 is 0 Å². The Morgan fingerprint density at radius 2 is 1.80 bits per heavy atom. The molecule has 0 N–H and O–H groups in total. The zero-order valence-corrected chi connectivity index (χ0v) is 11.4. The maximum atomic E-state index is 12.8. The smallest absolute Gasteiger partial charge is 0.203 e. The summed E-state index contributed by atoms with van der Waals surface area (Å²) in [6, 6.07) is 6.72. The molecule has 1 aliphatic rings. The van der Waals surface area contributed by atoms with Gasteiger partial charge in [0.05, 0.1) is 6.04 Å². The lowest BCUT2D eigenvalue weighted by Gasteiger charge is -2.28. The average molecular weight is 305 g/mol. The van der Waals surface area contributed by atoms with Crippen molar-refractivity contribution in [1.29, 1.82) is 0 Å². The molecule has 2 unspecified atom stereocenters. The molecule has 1 aromatic rings. The van der Waals surface area contributed by atoms with E-state index in [0.29, 0.717) is 22.7 Å². The molecule has 1 heterocycles. The van der Waals surface area contributed by atoms with Gasteiger partial charge in [-0.2, -0.15) is 17.5 Å². The summed E-state index contributed by atoms with van der Waals surface area (Å²) in [5, 5.41) is 0. The number of halogens is 3. The number of nitrogens with zero attached hydrogens (tertiary/aromatic N) is 1. The van der Waals surface area contributed by atoms with Crippen LogP contribution in [-0.4, -0.2) is 24.3 Å². The lowest BCUT2D eigenvalue weighted by atomic mass is 10.1. The lowest BCUT2D eigenvalue weighted by Crippen LogP contribution is -2.43. The van der Waals surface area contributed by atoms with Gasteiger partial charge in [0.15, 0.2) is 0 Å². The van der Waals surface area contributed by atoms with E-state index in [1.54, 1.807) is 30.3 Å². The molecule has 0 bridgehead atoms. The van der Waals surface area contributed by atoms with E-state index in [-0.39, 0.29) is 0 Å². The van der Waals surface area contributed by atoms with Crippen LogP contribution < -0.4 is 0 Å². The Balaban J connectivity index is 2.47. The van der Waals surface area contributed by atoms with Crippen molar-refractivity contribution < 1.29 is 21.6 Å². The van der Waals surface area contributed by atoms with Crippen LogP contribution in [0.2, 0.25) is 0 Å². The van der Waals surface area contributed by atoms with E-state index in [1.165, 1.54) is 6.08 Å². The molecular formula is C13H14F3NO2S. The maximum Gasteiger partial charge on any atom is 0.511 e. The van der Waals surface area contributed by atoms with Crippen molar-refractivity contribution in [3.05, 3.63) is 48.6 Å². The van der Waals surface area contributed by atoms with Crippen molar-refractivity contribution in [2.24, 2.45) is 0 Å². The third-order valence-electron chi connectivity index (χ3n) is 3.40. The van der Waals surface area contributed by atoms with Crippen molar-refractivity contribution in [1.82, 2.24) is 4.31 Å². The second-order valence-electron chi connectivity index (χ2n) is 4.59. The number of benzene rings is 1. The van der Waals surface area contributed by atoms with Gasteiger partial charge in [-0.3, -0.25) is 0 Å². The summed E-state index contributed by atoms with van der Waals surface area (Å²) in [5.41, 5.74) is -4.74. The number of sulfonamides is 1. The fourth-order valence-electron chi connectivity index (χ4n) is 2.49. The first-order valence-corrected chi connectivity index (χ1v) is 7.50. The second kappa shape index (κ2) is 5.21. The molecule has 0 aliphatic carbocycles. The highest BCUT2D eigenvalue weighted by Gasteiger charge is 2.55. The van der Waals surface area contributed by atoms with E-state index < -0.39 is 27.6 Å². The number of hydrogen-bond donors (Lipinski definition) is 0. The molecule has 1 aromatic carbocycles. The third kappa shape index (κ3) is 2.47. The molecule has 2 atom stereocenters. The molecule has 0 spiro atoms. The van der Waals surface area contributed by atoms with Crippen LogP contribution in [0, 0.1) is 0 Å². The summed E-state index contributed by atoms with van der Waals surface area (Å²) in [5.74, 6) is 0. The van der Waals surface area contributed by atoms with E-state index >= 15 is 0 Å². The third-order valence-corrected chi connectivity index (χ3v) is 5.06. The first-order chi connectivity index (χ1) is 9.29. The molecule has 0 radical (unpaired) electrons. The van der Waals surface area contributed by atoms with Gasteiger partial charge in [0.1, 0.15) is 0 Å². The van der Waals surface area contributed by atoms with Crippen LogP contribution in [-0.2, 0) is 10.0 Å². The molecule has 0 aromatic heterocycles. The predicted octanol–water partition coefficient (Wildman–Crippen LogP) is 3.23. The van der Waals surface area contributed by atoms with E-state index in [9.17, 15) is 21.6 Å². The minimum Gasteiger partial charge on any atom is -0.203 e. The molecule has 1 fully saturated rings. The zero-order chi connectivity index (χ0) is 15.0. The van der Waals surface area contributed by atoms with Gasteiger partial charge in [-0.25, -0.2) is 8.42 Å². The highest BCUT2D eigenvalue weighted by molar-refractivity contribution is 7.90. The highest BCUT2D eigenvalue weighted by Crippen LogP contribution is 2.43. The van der Waals surface area contributed by atoms with Crippen LogP contribution in [0.3, 0.4) is 0 Å².